The standard InChI is InChI=1S/C18H19FN2O/c1-14-5-4-6-15(13-14)9-11-20-18(22)21-12-10-16-7-2-3-8-17(16)19/h2-9,11,13H,10,12H2,1H3,(H2,20,21,22)/b11-9+. The van der Waals surface area contributed by atoms with Crippen LogP contribution in [-0.2, 0) is 6.42 Å². The molecule has 0 atom stereocenters. The molecule has 2 amide bonds. The molecule has 0 unspecified atom stereocenters. The highest BCUT2D eigenvalue weighted by Gasteiger charge is 2.01. The van der Waals surface area contributed by atoms with E-state index < -0.39 is 0 Å². The summed E-state index contributed by atoms with van der Waals surface area (Å²) in [5.74, 6) is -0.246. The Morgan fingerprint density at radius 3 is 2.77 bits per heavy atom. The van der Waals surface area contributed by atoms with Crippen LogP contribution in [0.1, 0.15) is 16.7 Å². The summed E-state index contributed by atoms with van der Waals surface area (Å²) >= 11 is 0. The number of nitrogens with one attached hydrogen (secondary N) is 2. The maximum Gasteiger partial charge on any atom is 0.318 e. The molecule has 2 rings (SSSR count). The van der Waals surface area contributed by atoms with Crippen LogP contribution in [0.2, 0.25) is 0 Å². The van der Waals surface area contributed by atoms with Crippen molar-refractivity contribution in [1.29, 1.82) is 0 Å². The fraction of sp³-hybridized carbons (Fsp3) is 0.167. The van der Waals surface area contributed by atoms with Crippen molar-refractivity contribution in [3.8, 4) is 0 Å². The molecule has 0 saturated carbocycles. The Hall–Kier alpha value is -2.62. The van der Waals surface area contributed by atoms with Crippen LogP contribution in [0.25, 0.3) is 6.08 Å². The quantitative estimate of drug-likeness (QED) is 0.869. The Morgan fingerprint density at radius 1 is 1.18 bits per heavy atom. The van der Waals surface area contributed by atoms with Crippen LogP contribution in [-0.4, -0.2) is 12.6 Å². The minimum Gasteiger partial charge on any atom is -0.338 e. The third-order valence-corrected chi connectivity index (χ3v) is 3.17. The molecule has 4 heteroatoms. The van der Waals surface area contributed by atoms with Gasteiger partial charge in [0.2, 0.25) is 0 Å². The molecule has 0 heterocycles. The molecule has 0 aliphatic rings. The minimum atomic E-state index is -0.305. The fourth-order valence-electron chi connectivity index (χ4n) is 2.05. The molecule has 0 fully saturated rings. The van der Waals surface area contributed by atoms with Gasteiger partial charge >= 0.3 is 6.03 Å². The summed E-state index contributed by atoms with van der Waals surface area (Å²) in [5.41, 5.74) is 2.78. The van der Waals surface area contributed by atoms with Gasteiger partial charge in [-0.05, 0) is 36.6 Å². The lowest BCUT2D eigenvalue weighted by molar-refractivity contribution is 0.244. The van der Waals surface area contributed by atoms with E-state index >= 15 is 0 Å². The molecule has 0 aliphatic carbocycles. The van der Waals surface area contributed by atoms with Gasteiger partial charge in [-0.15, -0.1) is 0 Å². The van der Waals surface area contributed by atoms with Crippen molar-refractivity contribution in [1.82, 2.24) is 10.6 Å². The van der Waals surface area contributed by atoms with Gasteiger partial charge in [0.15, 0.2) is 0 Å². The number of halogens is 1. The summed E-state index contributed by atoms with van der Waals surface area (Å²) < 4.78 is 13.4. The molecule has 0 aromatic heterocycles. The van der Waals surface area contributed by atoms with E-state index in [1.807, 2.05) is 37.3 Å². The average molecular weight is 298 g/mol. The van der Waals surface area contributed by atoms with Crippen molar-refractivity contribution in [3.05, 3.63) is 77.2 Å². The summed E-state index contributed by atoms with van der Waals surface area (Å²) in [7, 11) is 0. The Bertz CT molecular complexity index is 668. The van der Waals surface area contributed by atoms with E-state index in [-0.39, 0.29) is 11.8 Å². The van der Waals surface area contributed by atoms with Gasteiger partial charge in [-0.2, -0.15) is 0 Å². The molecule has 3 nitrogen and oxygen atoms in total. The predicted molar refractivity (Wildman–Crippen MR) is 86.9 cm³/mol. The lowest BCUT2D eigenvalue weighted by Gasteiger charge is -2.05. The topological polar surface area (TPSA) is 41.1 Å². The monoisotopic (exact) mass is 298 g/mol. The second-order valence-electron chi connectivity index (χ2n) is 4.99. The molecule has 0 radical (unpaired) electrons. The largest absolute Gasteiger partial charge is 0.338 e. The molecule has 0 saturated heterocycles. The molecule has 0 spiro atoms. The second-order valence-corrected chi connectivity index (χ2v) is 4.99. The van der Waals surface area contributed by atoms with Crippen LogP contribution in [0, 0.1) is 12.7 Å². The van der Waals surface area contributed by atoms with Gasteiger partial charge in [0.05, 0.1) is 0 Å². The maximum atomic E-state index is 13.4. The molecule has 2 N–H and O–H groups in total. The average Bonchev–Trinajstić information content (AvgIpc) is 2.49. The maximum absolute atomic E-state index is 13.4. The summed E-state index contributed by atoms with van der Waals surface area (Å²) in [4.78, 5) is 11.6. The lowest BCUT2D eigenvalue weighted by atomic mass is 10.1. The summed E-state index contributed by atoms with van der Waals surface area (Å²) in [6, 6.07) is 14.2. The van der Waals surface area contributed by atoms with Gasteiger partial charge in [-0.25, -0.2) is 9.18 Å². The van der Waals surface area contributed by atoms with Gasteiger partial charge in [-0.1, -0.05) is 48.0 Å². The molecule has 0 bridgehead atoms. The van der Waals surface area contributed by atoms with Crippen molar-refractivity contribution < 1.29 is 9.18 Å². The second kappa shape index (κ2) is 7.98. The number of rotatable bonds is 5. The number of urea groups is 1. The Labute approximate surface area is 129 Å². The fourth-order valence-corrected chi connectivity index (χ4v) is 2.05. The zero-order chi connectivity index (χ0) is 15.8. The Balaban J connectivity index is 1.73. The molecule has 2 aromatic rings. The number of benzene rings is 2. The molecular formula is C18H19FN2O. The van der Waals surface area contributed by atoms with Gasteiger partial charge in [0, 0.05) is 12.7 Å². The van der Waals surface area contributed by atoms with Crippen molar-refractivity contribution in [3.63, 3.8) is 0 Å². The van der Waals surface area contributed by atoms with Crippen LogP contribution in [0.3, 0.4) is 0 Å². The first-order valence-electron chi connectivity index (χ1n) is 7.16. The van der Waals surface area contributed by atoms with E-state index in [2.05, 4.69) is 10.6 Å². The van der Waals surface area contributed by atoms with Crippen LogP contribution < -0.4 is 10.6 Å². The molecular weight excluding hydrogens is 279 g/mol. The van der Waals surface area contributed by atoms with Crippen LogP contribution in [0.15, 0.2) is 54.7 Å². The third-order valence-electron chi connectivity index (χ3n) is 3.17. The number of hydrogen-bond acceptors (Lipinski definition) is 1. The predicted octanol–water partition coefficient (Wildman–Crippen LogP) is 3.65. The van der Waals surface area contributed by atoms with Crippen LogP contribution in [0.4, 0.5) is 9.18 Å². The third kappa shape index (κ3) is 5.05. The summed E-state index contributed by atoms with van der Waals surface area (Å²) in [5, 5.41) is 5.32. The van der Waals surface area contributed by atoms with Gasteiger partial charge in [-0.3, -0.25) is 0 Å². The first kappa shape index (κ1) is 15.8. The normalized spacial score (nSPS) is 10.6. The minimum absolute atomic E-state index is 0.246. The van der Waals surface area contributed by atoms with Crippen molar-refractivity contribution in [2.75, 3.05) is 6.54 Å². The SMILES string of the molecule is Cc1cccc(/C=C/NC(=O)NCCc2ccccc2F)c1. The highest BCUT2D eigenvalue weighted by atomic mass is 19.1. The van der Waals surface area contributed by atoms with E-state index in [0.717, 1.165) is 11.1 Å². The van der Waals surface area contributed by atoms with E-state index in [0.29, 0.717) is 18.5 Å². The van der Waals surface area contributed by atoms with Gasteiger partial charge in [0.1, 0.15) is 5.82 Å². The van der Waals surface area contributed by atoms with Crippen molar-refractivity contribution in [2.45, 2.75) is 13.3 Å². The first-order chi connectivity index (χ1) is 10.6. The number of hydrogen-bond donors (Lipinski definition) is 2. The Kier molecular flexibility index (Phi) is 5.72. The zero-order valence-corrected chi connectivity index (χ0v) is 12.5. The Morgan fingerprint density at radius 2 is 2.00 bits per heavy atom. The summed E-state index contributed by atoms with van der Waals surface area (Å²) in [6.45, 7) is 2.39. The number of carbonyl (C=O) groups excluding carboxylic acids is 1. The first-order valence-corrected chi connectivity index (χ1v) is 7.16. The molecule has 2 aromatic carbocycles. The number of aryl methyl sites for hydroxylation is 1. The van der Waals surface area contributed by atoms with Crippen molar-refractivity contribution in [2.24, 2.45) is 0 Å². The van der Waals surface area contributed by atoms with E-state index in [1.165, 1.54) is 6.07 Å². The molecule has 0 aliphatic heterocycles. The van der Waals surface area contributed by atoms with E-state index in [9.17, 15) is 9.18 Å². The van der Waals surface area contributed by atoms with E-state index in [4.69, 9.17) is 0 Å². The highest BCUT2D eigenvalue weighted by Crippen LogP contribution is 2.06. The lowest BCUT2D eigenvalue weighted by Crippen LogP contribution is -2.33. The highest BCUT2D eigenvalue weighted by molar-refractivity contribution is 5.75. The van der Waals surface area contributed by atoms with Crippen LogP contribution >= 0.6 is 0 Å². The molecule has 22 heavy (non-hydrogen) atoms. The van der Waals surface area contributed by atoms with Gasteiger partial charge < -0.3 is 10.6 Å². The number of carbonyl (C=O) groups is 1. The smallest absolute Gasteiger partial charge is 0.318 e. The van der Waals surface area contributed by atoms with Crippen molar-refractivity contribution >= 4 is 12.1 Å². The van der Waals surface area contributed by atoms with Crippen LogP contribution in [0.5, 0.6) is 0 Å². The summed E-state index contributed by atoms with van der Waals surface area (Å²) in [6.07, 6.45) is 3.87. The van der Waals surface area contributed by atoms with Gasteiger partial charge in [0.25, 0.3) is 0 Å². The number of amides is 2. The molecule has 114 valence electrons. The van der Waals surface area contributed by atoms with E-state index in [1.54, 1.807) is 24.4 Å². The zero-order valence-electron chi connectivity index (χ0n) is 12.5.